The lowest BCUT2D eigenvalue weighted by atomic mass is 9.48. The van der Waals surface area contributed by atoms with Crippen LogP contribution in [0.2, 0.25) is 0 Å². The van der Waals surface area contributed by atoms with Gasteiger partial charge in [-0.2, -0.15) is 0 Å². The van der Waals surface area contributed by atoms with Gasteiger partial charge in [0.2, 0.25) is 5.91 Å². The van der Waals surface area contributed by atoms with E-state index in [1.807, 2.05) is 25.1 Å². The smallest absolute Gasteiger partial charge is 0.227 e. The summed E-state index contributed by atoms with van der Waals surface area (Å²) in [6.07, 6.45) is 1.59. The summed E-state index contributed by atoms with van der Waals surface area (Å²) in [5.74, 6) is 1.66. The summed E-state index contributed by atoms with van der Waals surface area (Å²) in [4.78, 5) is 22.6. The monoisotopic (exact) mass is 341 g/mol. The first-order valence-corrected chi connectivity index (χ1v) is 9.05. The molecular weight excluding hydrogens is 314 g/mol. The van der Waals surface area contributed by atoms with Crippen LogP contribution < -0.4 is 0 Å². The van der Waals surface area contributed by atoms with Gasteiger partial charge in [0.1, 0.15) is 5.82 Å². The summed E-state index contributed by atoms with van der Waals surface area (Å²) in [6, 6.07) is 6.05. The van der Waals surface area contributed by atoms with Gasteiger partial charge in [-0.3, -0.25) is 4.79 Å². The second-order valence-electron chi connectivity index (χ2n) is 8.64. The number of benzene rings is 1. The number of rotatable bonds is 4. The predicted octanol–water partition coefficient (Wildman–Crippen LogP) is 2.93. The van der Waals surface area contributed by atoms with Gasteiger partial charge in [-0.25, -0.2) is 4.98 Å². The predicted molar refractivity (Wildman–Crippen MR) is 97.3 cm³/mol. The van der Waals surface area contributed by atoms with Gasteiger partial charge in [0.25, 0.3) is 0 Å². The topological polar surface area (TPSA) is 58.2 Å². The van der Waals surface area contributed by atoms with Crippen molar-refractivity contribution in [3.63, 3.8) is 0 Å². The molecule has 1 saturated carbocycles. The van der Waals surface area contributed by atoms with Crippen LogP contribution in [0, 0.1) is 23.7 Å². The fraction of sp³-hybridized carbons (Fsp3) is 0.600. The van der Waals surface area contributed by atoms with E-state index in [4.69, 9.17) is 4.74 Å². The van der Waals surface area contributed by atoms with Crippen LogP contribution in [0.25, 0.3) is 11.0 Å². The Morgan fingerprint density at radius 1 is 1.44 bits per heavy atom. The number of carbonyl (C=O) groups is 1. The first kappa shape index (κ1) is 16.6. The number of hydrogen-bond acceptors (Lipinski definition) is 3. The Hall–Kier alpha value is -1.88. The van der Waals surface area contributed by atoms with Crippen molar-refractivity contribution >= 4 is 16.9 Å². The third-order valence-electron chi connectivity index (χ3n) is 6.20. The van der Waals surface area contributed by atoms with Gasteiger partial charge in [0.05, 0.1) is 24.1 Å². The quantitative estimate of drug-likeness (QED) is 0.930. The van der Waals surface area contributed by atoms with Crippen molar-refractivity contribution in [3.05, 3.63) is 29.6 Å². The zero-order chi connectivity index (χ0) is 17.8. The number of hydrogen-bond donors (Lipinski definition) is 1. The maximum atomic E-state index is 12.9. The van der Waals surface area contributed by atoms with Gasteiger partial charge < -0.3 is 14.6 Å². The second-order valence-corrected chi connectivity index (χ2v) is 8.64. The normalized spacial score (nSPS) is 27.4. The minimum absolute atomic E-state index is 0.165. The molecule has 1 aliphatic carbocycles. The number of ether oxygens (including phenoxy) is 1. The van der Waals surface area contributed by atoms with Gasteiger partial charge in [-0.15, -0.1) is 0 Å². The molecule has 4 rings (SSSR count). The third kappa shape index (κ3) is 2.65. The van der Waals surface area contributed by atoms with Crippen molar-refractivity contribution in [2.75, 3.05) is 26.8 Å². The number of aromatic nitrogens is 2. The van der Waals surface area contributed by atoms with Crippen LogP contribution in [0.4, 0.5) is 0 Å². The standard InChI is InChI=1S/C20H27N3O2/c1-13-21-15-6-5-14(7-16(15)22-13)8-18(24)23-9-17-19(2,3)10-20(17,11-23)12-25-4/h5-7,17H,8-12H2,1-4H3,(H,21,22)/t17-,20-/m1/s1. The number of methoxy groups -OCH3 is 1. The molecule has 1 saturated heterocycles. The molecule has 0 bridgehead atoms. The number of aryl methyl sites for hydroxylation is 1. The molecule has 2 fully saturated rings. The molecule has 0 radical (unpaired) electrons. The maximum absolute atomic E-state index is 12.9. The van der Waals surface area contributed by atoms with E-state index in [0.29, 0.717) is 17.8 Å². The zero-order valence-electron chi connectivity index (χ0n) is 15.6. The Bertz CT molecular complexity index is 825. The summed E-state index contributed by atoms with van der Waals surface area (Å²) in [5, 5.41) is 0. The number of nitrogens with one attached hydrogen (secondary N) is 1. The van der Waals surface area contributed by atoms with Crippen LogP contribution in [0.15, 0.2) is 18.2 Å². The van der Waals surface area contributed by atoms with Crippen LogP contribution in [0.3, 0.4) is 0 Å². The summed E-state index contributed by atoms with van der Waals surface area (Å²) in [6.45, 7) is 9.02. The molecule has 2 heterocycles. The molecule has 2 aliphatic rings. The number of amides is 1. The second kappa shape index (κ2) is 5.56. The van der Waals surface area contributed by atoms with Gasteiger partial charge in [-0.05, 0) is 42.4 Å². The average molecular weight is 341 g/mol. The third-order valence-corrected chi connectivity index (χ3v) is 6.20. The highest BCUT2D eigenvalue weighted by Gasteiger charge is 2.63. The largest absolute Gasteiger partial charge is 0.384 e. The fourth-order valence-corrected chi connectivity index (χ4v) is 5.38. The van der Waals surface area contributed by atoms with Crippen molar-refractivity contribution in [1.82, 2.24) is 14.9 Å². The Balaban J connectivity index is 1.49. The molecule has 5 nitrogen and oxygen atoms in total. The van der Waals surface area contributed by atoms with Crippen LogP contribution in [0.1, 0.15) is 31.7 Å². The van der Waals surface area contributed by atoms with E-state index in [0.717, 1.165) is 48.5 Å². The Kier molecular flexibility index (Phi) is 3.69. The molecule has 1 aromatic heterocycles. The SMILES string of the molecule is COC[C@@]12CN(C(=O)Cc3ccc4nc(C)[nH]c4c3)C[C@@H]1C(C)(C)C2. The summed E-state index contributed by atoms with van der Waals surface area (Å²) < 4.78 is 5.49. The summed E-state index contributed by atoms with van der Waals surface area (Å²) >= 11 is 0. The number of likely N-dealkylation sites (tertiary alicyclic amines) is 1. The van der Waals surface area contributed by atoms with Gasteiger partial charge in [0.15, 0.2) is 0 Å². The molecule has 1 aromatic carbocycles. The number of aromatic amines is 1. The van der Waals surface area contributed by atoms with Crippen LogP contribution in [-0.2, 0) is 16.0 Å². The van der Waals surface area contributed by atoms with Crippen molar-refractivity contribution in [1.29, 1.82) is 0 Å². The first-order chi connectivity index (χ1) is 11.8. The lowest BCUT2D eigenvalue weighted by Gasteiger charge is -2.56. The van der Waals surface area contributed by atoms with E-state index in [2.05, 4.69) is 28.7 Å². The van der Waals surface area contributed by atoms with Crippen LogP contribution in [-0.4, -0.2) is 47.6 Å². The Labute approximate surface area is 148 Å². The van der Waals surface area contributed by atoms with Crippen molar-refractivity contribution in [2.45, 2.75) is 33.6 Å². The number of carbonyl (C=O) groups excluding carboxylic acids is 1. The van der Waals surface area contributed by atoms with E-state index in [-0.39, 0.29) is 11.3 Å². The minimum atomic E-state index is 0.165. The van der Waals surface area contributed by atoms with E-state index in [1.54, 1.807) is 7.11 Å². The number of nitrogens with zero attached hydrogens (tertiary/aromatic N) is 2. The molecule has 1 N–H and O–H groups in total. The molecular formula is C20H27N3O2. The lowest BCUT2D eigenvalue weighted by Crippen LogP contribution is -2.55. The average Bonchev–Trinajstić information content (AvgIpc) is 3.04. The highest BCUT2D eigenvalue weighted by molar-refractivity contribution is 5.82. The van der Waals surface area contributed by atoms with E-state index < -0.39 is 0 Å². The van der Waals surface area contributed by atoms with Crippen molar-refractivity contribution in [2.24, 2.45) is 16.7 Å². The first-order valence-electron chi connectivity index (χ1n) is 9.05. The van der Waals surface area contributed by atoms with Gasteiger partial charge in [0, 0.05) is 25.6 Å². The van der Waals surface area contributed by atoms with Crippen LogP contribution >= 0.6 is 0 Å². The molecule has 5 heteroatoms. The maximum Gasteiger partial charge on any atom is 0.227 e. The van der Waals surface area contributed by atoms with E-state index in [1.165, 1.54) is 0 Å². The number of fused-ring (bicyclic) bond motifs is 2. The molecule has 1 aliphatic heterocycles. The molecule has 134 valence electrons. The molecule has 0 spiro atoms. The van der Waals surface area contributed by atoms with Gasteiger partial charge in [-0.1, -0.05) is 19.9 Å². The summed E-state index contributed by atoms with van der Waals surface area (Å²) in [7, 11) is 1.77. The number of imidazole rings is 1. The highest BCUT2D eigenvalue weighted by atomic mass is 16.5. The van der Waals surface area contributed by atoms with Crippen molar-refractivity contribution in [3.8, 4) is 0 Å². The molecule has 25 heavy (non-hydrogen) atoms. The minimum Gasteiger partial charge on any atom is -0.384 e. The Morgan fingerprint density at radius 3 is 2.96 bits per heavy atom. The van der Waals surface area contributed by atoms with Crippen LogP contribution in [0.5, 0.6) is 0 Å². The molecule has 2 atom stereocenters. The van der Waals surface area contributed by atoms with Gasteiger partial charge >= 0.3 is 0 Å². The molecule has 0 unspecified atom stereocenters. The fourth-order valence-electron chi connectivity index (χ4n) is 5.38. The molecule has 1 amide bonds. The van der Waals surface area contributed by atoms with E-state index in [9.17, 15) is 4.79 Å². The lowest BCUT2D eigenvalue weighted by molar-refractivity contribution is -0.130. The van der Waals surface area contributed by atoms with Crippen molar-refractivity contribution < 1.29 is 9.53 Å². The van der Waals surface area contributed by atoms with E-state index >= 15 is 0 Å². The molecule has 2 aromatic rings. The summed E-state index contributed by atoms with van der Waals surface area (Å²) in [5.41, 5.74) is 3.47. The zero-order valence-corrected chi connectivity index (χ0v) is 15.6. The highest BCUT2D eigenvalue weighted by Crippen LogP contribution is 2.62. The Morgan fingerprint density at radius 2 is 2.24 bits per heavy atom. The number of H-pyrrole nitrogens is 1.